The first kappa shape index (κ1) is 19.5. The van der Waals surface area contributed by atoms with E-state index in [4.69, 9.17) is 11.6 Å². The smallest absolute Gasteiger partial charge is 0.325 e. The Morgan fingerprint density at radius 2 is 1.77 bits per heavy atom. The Labute approximate surface area is 175 Å². The number of carbonyl (C=O) groups is 1. The van der Waals surface area contributed by atoms with E-state index in [0.29, 0.717) is 10.7 Å². The van der Waals surface area contributed by atoms with Crippen molar-refractivity contribution in [1.29, 1.82) is 0 Å². The molecule has 0 spiro atoms. The third kappa shape index (κ3) is 4.13. The molecule has 4 rings (SSSR count). The van der Waals surface area contributed by atoms with Gasteiger partial charge in [0, 0.05) is 29.3 Å². The molecule has 0 radical (unpaired) electrons. The zero-order valence-corrected chi connectivity index (χ0v) is 16.4. The van der Waals surface area contributed by atoms with Gasteiger partial charge in [0.2, 0.25) is 5.91 Å². The fourth-order valence-corrected chi connectivity index (χ4v) is 3.17. The first-order valence-electron chi connectivity index (χ1n) is 9.05. The number of amides is 1. The molecule has 1 aromatic carbocycles. The van der Waals surface area contributed by atoms with Crippen molar-refractivity contribution in [3.8, 4) is 11.4 Å². The van der Waals surface area contributed by atoms with Crippen LogP contribution >= 0.6 is 11.6 Å². The highest BCUT2D eigenvalue weighted by Crippen LogP contribution is 2.15. The summed E-state index contributed by atoms with van der Waals surface area (Å²) in [6.07, 6.45) is 4.78. The van der Waals surface area contributed by atoms with Gasteiger partial charge in [-0.05, 0) is 54.1 Å². The molecule has 3 heterocycles. The predicted octanol–water partition coefficient (Wildman–Crippen LogP) is 2.25. The van der Waals surface area contributed by atoms with Gasteiger partial charge in [-0.2, -0.15) is 4.98 Å². The van der Waals surface area contributed by atoms with E-state index in [1.54, 1.807) is 67.1 Å². The summed E-state index contributed by atoms with van der Waals surface area (Å²) in [5, 5.41) is 3.30. The number of fused-ring (bicyclic) bond motifs is 1. The Morgan fingerprint density at radius 3 is 2.50 bits per heavy atom. The lowest BCUT2D eigenvalue weighted by Crippen LogP contribution is -2.38. The average Bonchev–Trinajstić information content (AvgIpc) is 2.74. The van der Waals surface area contributed by atoms with Crippen LogP contribution in [0.3, 0.4) is 0 Å². The third-order valence-electron chi connectivity index (χ3n) is 4.48. The Hall–Kier alpha value is -3.78. The van der Waals surface area contributed by atoms with E-state index >= 15 is 0 Å². The summed E-state index contributed by atoms with van der Waals surface area (Å²) < 4.78 is 2.54. The van der Waals surface area contributed by atoms with Gasteiger partial charge in [-0.1, -0.05) is 11.6 Å². The number of carbonyl (C=O) groups excluding carboxylic acids is 1. The third-order valence-corrected chi connectivity index (χ3v) is 4.73. The Bertz CT molecular complexity index is 1280. The molecule has 30 heavy (non-hydrogen) atoms. The largest absolute Gasteiger partial charge is 0.352 e. The van der Waals surface area contributed by atoms with Gasteiger partial charge in [0.05, 0.1) is 12.1 Å². The van der Waals surface area contributed by atoms with E-state index in [0.717, 1.165) is 10.1 Å². The summed E-state index contributed by atoms with van der Waals surface area (Å²) in [5.74, 6) is -0.172. The van der Waals surface area contributed by atoms with Crippen LogP contribution in [0, 0.1) is 0 Å². The summed E-state index contributed by atoms with van der Waals surface area (Å²) in [4.78, 5) is 45.8. The van der Waals surface area contributed by atoms with Crippen LogP contribution in [0.2, 0.25) is 5.02 Å². The first-order chi connectivity index (χ1) is 14.5. The van der Waals surface area contributed by atoms with Gasteiger partial charge < -0.3 is 9.88 Å². The maximum absolute atomic E-state index is 12.9. The molecule has 0 fully saturated rings. The SMILES string of the molecule is O=C(Cn1cccc2c(=O)n(Cc3ccncc3)c(=O)nc1-2)Nc1ccc(Cl)cc1. The summed E-state index contributed by atoms with van der Waals surface area (Å²) >= 11 is 5.85. The predicted molar refractivity (Wildman–Crippen MR) is 113 cm³/mol. The monoisotopic (exact) mass is 421 g/mol. The van der Waals surface area contributed by atoms with Gasteiger partial charge in [0.25, 0.3) is 5.56 Å². The van der Waals surface area contributed by atoms with Crippen molar-refractivity contribution in [1.82, 2.24) is 19.1 Å². The minimum absolute atomic E-state index is 0.0923. The van der Waals surface area contributed by atoms with Crippen molar-refractivity contribution in [3.63, 3.8) is 0 Å². The van der Waals surface area contributed by atoms with Crippen LogP contribution in [-0.4, -0.2) is 25.0 Å². The van der Waals surface area contributed by atoms with Gasteiger partial charge in [0.15, 0.2) is 5.82 Å². The molecular formula is C21H16ClN5O3. The number of pyridine rings is 2. The Balaban J connectivity index is 1.63. The number of hydrogen-bond acceptors (Lipinski definition) is 5. The van der Waals surface area contributed by atoms with Crippen molar-refractivity contribution in [2.24, 2.45) is 0 Å². The summed E-state index contributed by atoms with van der Waals surface area (Å²) in [6, 6.07) is 13.4. The highest BCUT2D eigenvalue weighted by molar-refractivity contribution is 6.30. The fraction of sp³-hybridized carbons (Fsp3) is 0.0952. The summed E-state index contributed by atoms with van der Waals surface area (Å²) in [7, 11) is 0. The highest BCUT2D eigenvalue weighted by Gasteiger charge is 2.18. The number of aromatic nitrogens is 4. The Kier molecular flexibility index (Phi) is 5.40. The number of benzene rings is 1. The summed E-state index contributed by atoms with van der Waals surface area (Å²) in [6.45, 7) is -0.0186. The van der Waals surface area contributed by atoms with Gasteiger partial charge >= 0.3 is 5.69 Å². The van der Waals surface area contributed by atoms with Crippen LogP contribution in [0.4, 0.5) is 5.69 Å². The van der Waals surface area contributed by atoms with Gasteiger partial charge in [-0.25, -0.2) is 4.79 Å². The van der Waals surface area contributed by atoms with Crippen molar-refractivity contribution in [3.05, 3.63) is 98.5 Å². The number of nitrogens with one attached hydrogen (secondary N) is 1. The lowest BCUT2D eigenvalue weighted by molar-refractivity contribution is -0.116. The van der Waals surface area contributed by atoms with Crippen LogP contribution in [0.15, 0.2) is 76.7 Å². The number of hydrogen-bond donors (Lipinski definition) is 1. The molecule has 0 unspecified atom stereocenters. The molecule has 9 heteroatoms. The molecule has 0 atom stereocenters. The molecule has 0 bridgehead atoms. The van der Waals surface area contributed by atoms with Crippen LogP contribution in [0.1, 0.15) is 5.56 Å². The molecule has 2 aliphatic heterocycles. The van der Waals surface area contributed by atoms with E-state index < -0.39 is 11.2 Å². The number of rotatable bonds is 5. The summed E-state index contributed by atoms with van der Waals surface area (Å²) in [5.41, 5.74) is 0.459. The van der Waals surface area contributed by atoms with Gasteiger partial charge in [0.1, 0.15) is 6.54 Å². The highest BCUT2D eigenvalue weighted by atomic mass is 35.5. The van der Waals surface area contributed by atoms with E-state index in [9.17, 15) is 14.4 Å². The molecule has 150 valence electrons. The molecule has 2 aliphatic rings. The first-order valence-corrected chi connectivity index (χ1v) is 9.43. The molecule has 2 aromatic rings. The molecule has 0 saturated heterocycles. The van der Waals surface area contributed by atoms with E-state index in [2.05, 4.69) is 15.3 Å². The number of nitrogens with zero attached hydrogens (tertiary/aromatic N) is 4. The Morgan fingerprint density at radius 1 is 1.03 bits per heavy atom. The number of halogens is 1. The lowest BCUT2D eigenvalue weighted by atomic mass is 10.2. The molecular weight excluding hydrogens is 406 g/mol. The fourth-order valence-electron chi connectivity index (χ4n) is 3.04. The van der Waals surface area contributed by atoms with E-state index in [1.165, 1.54) is 4.57 Å². The minimum atomic E-state index is -0.678. The number of anilines is 1. The van der Waals surface area contributed by atoms with Crippen LogP contribution in [0.5, 0.6) is 0 Å². The van der Waals surface area contributed by atoms with Crippen molar-refractivity contribution >= 4 is 23.2 Å². The van der Waals surface area contributed by atoms with Crippen LogP contribution in [-0.2, 0) is 17.9 Å². The van der Waals surface area contributed by atoms with Crippen LogP contribution < -0.4 is 16.6 Å². The lowest BCUT2D eigenvalue weighted by Gasteiger charge is -2.15. The van der Waals surface area contributed by atoms with Crippen LogP contribution in [0.25, 0.3) is 11.4 Å². The van der Waals surface area contributed by atoms with Crippen molar-refractivity contribution in [2.75, 3.05) is 5.32 Å². The van der Waals surface area contributed by atoms with Crippen molar-refractivity contribution in [2.45, 2.75) is 13.1 Å². The molecule has 0 saturated carbocycles. The molecule has 1 N–H and O–H groups in total. The van der Waals surface area contributed by atoms with E-state index in [-0.39, 0.29) is 30.4 Å². The second kappa shape index (κ2) is 8.30. The molecule has 1 aromatic heterocycles. The minimum Gasteiger partial charge on any atom is -0.325 e. The van der Waals surface area contributed by atoms with E-state index in [1.807, 2.05) is 0 Å². The molecule has 1 amide bonds. The standard InChI is InChI=1S/C21H16ClN5O3/c22-15-3-5-16(6-4-15)24-18(28)13-26-11-1-2-17-19(26)25-21(30)27(20(17)29)12-14-7-9-23-10-8-14/h1-11H,12-13H2,(H,24,28). The molecule has 0 aliphatic carbocycles. The normalized spacial score (nSPS) is 10.8. The second-order valence-corrected chi connectivity index (χ2v) is 7.01. The van der Waals surface area contributed by atoms with Gasteiger partial charge in [-0.15, -0.1) is 0 Å². The zero-order valence-electron chi connectivity index (χ0n) is 15.7. The maximum Gasteiger partial charge on any atom is 0.352 e. The zero-order chi connectivity index (χ0) is 21.1. The maximum atomic E-state index is 12.9. The van der Waals surface area contributed by atoms with Crippen molar-refractivity contribution < 1.29 is 4.79 Å². The quantitative estimate of drug-likeness (QED) is 0.533. The topological polar surface area (TPSA) is 98.9 Å². The van der Waals surface area contributed by atoms with Gasteiger partial charge in [-0.3, -0.25) is 19.1 Å². The average molecular weight is 422 g/mol. The molecule has 8 nitrogen and oxygen atoms in total. The second-order valence-electron chi connectivity index (χ2n) is 6.57.